The molecule has 7 nitrogen and oxygen atoms in total. The minimum atomic E-state index is -0.0772. The van der Waals surface area contributed by atoms with Gasteiger partial charge in [0.1, 0.15) is 11.5 Å². The van der Waals surface area contributed by atoms with Gasteiger partial charge in [0.2, 0.25) is 0 Å². The number of nitrogens with one attached hydrogen (secondary N) is 2. The van der Waals surface area contributed by atoms with Crippen molar-refractivity contribution in [1.82, 2.24) is 15.5 Å². The summed E-state index contributed by atoms with van der Waals surface area (Å²) in [7, 11) is 5.17. The molecule has 32 heavy (non-hydrogen) atoms. The number of amides is 1. The number of guanidine groups is 1. The first-order valence-corrected chi connectivity index (χ1v) is 10.9. The van der Waals surface area contributed by atoms with E-state index in [-0.39, 0.29) is 18.6 Å². The number of aliphatic imine (C=N–C) groups is 1. The minimum Gasteiger partial charge on any atom is -0.493 e. The second-order valence-electron chi connectivity index (χ2n) is 8.29. The predicted molar refractivity (Wildman–Crippen MR) is 129 cm³/mol. The molecule has 0 radical (unpaired) electrons. The molecule has 2 N–H and O–H groups in total. The molecule has 0 bridgehead atoms. The maximum atomic E-state index is 11.7. The molecule has 1 atom stereocenters. The number of ether oxygens (including phenoxy) is 2. The van der Waals surface area contributed by atoms with Crippen LogP contribution in [0.3, 0.4) is 0 Å². The summed E-state index contributed by atoms with van der Waals surface area (Å²) in [4.78, 5) is 17.5. The molecule has 174 valence electrons. The minimum absolute atomic E-state index is 0.0198. The highest BCUT2D eigenvalue weighted by molar-refractivity contribution is 5.80. The van der Waals surface area contributed by atoms with Crippen LogP contribution in [-0.4, -0.2) is 51.1 Å². The molecule has 2 rings (SSSR count). The summed E-state index contributed by atoms with van der Waals surface area (Å²) in [5.41, 5.74) is 2.17. The Morgan fingerprint density at radius 3 is 2.38 bits per heavy atom. The summed E-state index contributed by atoms with van der Waals surface area (Å²) in [6.07, 6.45) is 0. The van der Waals surface area contributed by atoms with Crippen molar-refractivity contribution < 1.29 is 14.3 Å². The van der Waals surface area contributed by atoms with Crippen LogP contribution >= 0.6 is 0 Å². The van der Waals surface area contributed by atoms with Gasteiger partial charge in [0.25, 0.3) is 5.91 Å². The number of likely N-dealkylation sites (N-methyl/N-ethyl adjacent to an activating group) is 1. The van der Waals surface area contributed by atoms with Crippen LogP contribution in [-0.2, 0) is 11.3 Å². The zero-order valence-electron chi connectivity index (χ0n) is 20.0. The fourth-order valence-electron chi connectivity index (χ4n) is 2.80. The third-order valence-electron chi connectivity index (χ3n) is 4.76. The van der Waals surface area contributed by atoms with Crippen molar-refractivity contribution in [3.05, 3.63) is 59.7 Å². The molecule has 2 aromatic carbocycles. The van der Waals surface area contributed by atoms with E-state index in [4.69, 9.17) is 9.47 Å². The molecule has 0 saturated carbocycles. The topological polar surface area (TPSA) is 75.2 Å². The monoisotopic (exact) mass is 440 g/mol. The normalized spacial score (nSPS) is 12.3. The first-order chi connectivity index (χ1) is 15.3. The molecule has 2 aromatic rings. The average molecular weight is 441 g/mol. The van der Waals surface area contributed by atoms with Crippen LogP contribution in [0.25, 0.3) is 0 Å². The first-order valence-electron chi connectivity index (χ1n) is 10.9. The third-order valence-corrected chi connectivity index (χ3v) is 4.76. The van der Waals surface area contributed by atoms with E-state index >= 15 is 0 Å². The number of carbonyl (C=O) groups excluding carboxylic acids is 1. The Kier molecular flexibility index (Phi) is 9.85. The van der Waals surface area contributed by atoms with E-state index < -0.39 is 0 Å². The van der Waals surface area contributed by atoms with Crippen molar-refractivity contribution in [2.75, 3.05) is 34.4 Å². The molecule has 0 aliphatic carbocycles. The van der Waals surface area contributed by atoms with Gasteiger partial charge in [-0.3, -0.25) is 9.79 Å². The van der Waals surface area contributed by atoms with Crippen LogP contribution in [0.2, 0.25) is 0 Å². The van der Waals surface area contributed by atoms with Crippen molar-refractivity contribution in [3.63, 3.8) is 0 Å². The summed E-state index contributed by atoms with van der Waals surface area (Å²) in [6.45, 7) is 7.66. The number of benzene rings is 2. The van der Waals surface area contributed by atoms with E-state index in [1.54, 1.807) is 21.1 Å². The van der Waals surface area contributed by atoms with Crippen LogP contribution < -0.4 is 20.1 Å². The number of rotatable bonds is 10. The lowest BCUT2D eigenvalue weighted by atomic mass is 10.1. The zero-order chi connectivity index (χ0) is 23.5. The van der Waals surface area contributed by atoms with Crippen LogP contribution in [0, 0.1) is 5.92 Å². The SMILES string of the molecule is CN=C(NCc1cccc(OCC(=O)N(C)C)c1)NC(C)c1ccc(OCC(C)C)cc1. The Balaban J connectivity index is 1.87. The molecule has 0 saturated heterocycles. The Morgan fingerprint density at radius 1 is 1.03 bits per heavy atom. The summed E-state index contributed by atoms with van der Waals surface area (Å²) >= 11 is 0. The van der Waals surface area contributed by atoms with Gasteiger partial charge >= 0.3 is 0 Å². The van der Waals surface area contributed by atoms with Gasteiger partial charge in [-0.1, -0.05) is 38.1 Å². The molecule has 0 aromatic heterocycles. The highest BCUT2D eigenvalue weighted by atomic mass is 16.5. The van der Waals surface area contributed by atoms with E-state index in [0.717, 1.165) is 16.9 Å². The zero-order valence-corrected chi connectivity index (χ0v) is 20.0. The van der Waals surface area contributed by atoms with Crippen molar-refractivity contribution in [2.45, 2.75) is 33.4 Å². The van der Waals surface area contributed by atoms with Gasteiger partial charge in [-0.25, -0.2) is 0 Å². The van der Waals surface area contributed by atoms with Gasteiger partial charge in [0.15, 0.2) is 12.6 Å². The molecule has 0 spiro atoms. The van der Waals surface area contributed by atoms with Gasteiger partial charge in [-0.2, -0.15) is 0 Å². The molecule has 0 heterocycles. The third kappa shape index (κ3) is 8.49. The predicted octanol–water partition coefficient (Wildman–Crippen LogP) is 3.61. The molecular weight excluding hydrogens is 404 g/mol. The largest absolute Gasteiger partial charge is 0.493 e. The molecule has 0 aliphatic heterocycles. The van der Waals surface area contributed by atoms with Crippen LogP contribution in [0.4, 0.5) is 0 Å². The molecule has 0 fully saturated rings. The summed E-state index contributed by atoms with van der Waals surface area (Å²) in [5.74, 6) is 2.66. The van der Waals surface area contributed by atoms with Gasteiger partial charge in [-0.15, -0.1) is 0 Å². The molecule has 1 unspecified atom stereocenters. The maximum Gasteiger partial charge on any atom is 0.259 e. The summed E-state index contributed by atoms with van der Waals surface area (Å²) in [6, 6.07) is 15.9. The standard InChI is InChI=1S/C25H36N4O3/c1-18(2)16-31-22-12-10-21(11-13-22)19(3)28-25(26-4)27-15-20-8-7-9-23(14-20)32-17-24(30)29(5)6/h7-14,18-19H,15-17H2,1-6H3,(H2,26,27,28). The number of carbonyl (C=O) groups is 1. The Morgan fingerprint density at radius 2 is 1.75 bits per heavy atom. The van der Waals surface area contributed by atoms with Gasteiger partial charge in [0, 0.05) is 27.7 Å². The van der Waals surface area contributed by atoms with Gasteiger partial charge < -0.3 is 25.0 Å². The highest BCUT2D eigenvalue weighted by Crippen LogP contribution is 2.18. The van der Waals surface area contributed by atoms with Crippen LogP contribution in [0.5, 0.6) is 11.5 Å². The summed E-state index contributed by atoms with van der Waals surface area (Å²) < 4.78 is 11.3. The number of hydrogen-bond acceptors (Lipinski definition) is 4. The highest BCUT2D eigenvalue weighted by Gasteiger charge is 2.09. The van der Waals surface area contributed by atoms with Crippen LogP contribution in [0.1, 0.15) is 37.9 Å². The number of nitrogens with zero attached hydrogens (tertiary/aromatic N) is 2. The Labute approximate surface area is 191 Å². The van der Waals surface area contributed by atoms with Gasteiger partial charge in [0.05, 0.1) is 12.6 Å². The van der Waals surface area contributed by atoms with Crippen molar-refractivity contribution in [2.24, 2.45) is 10.9 Å². The van der Waals surface area contributed by atoms with E-state index in [1.165, 1.54) is 4.90 Å². The lowest BCUT2D eigenvalue weighted by Crippen LogP contribution is -2.38. The Bertz CT molecular complexity index is 879. The molecule has 7 heteroatoms. The smallest absolute Gasteiger partial charge is 0.259 e. The average Bonchev–Trinajstić information content (AvgIpc) is 2.79. The lowest BCUT2D eigenvalue weighted by Gasteiger charge is -2.19. The fourth-order valence-corrected chi connectivity index (χ4v) is 2.80. The summed E-state index contributed by atoms with van der Waals surface area (Å²) in [5, 5.41) is 6.73. The van der Waals surface area contributed by atoms with Crippen molar-refractivity contribution in [3.8, 4) is 11.5 Å². The van der Waals surface area contributed by atoms with E-state index in [0.29, 0.717) is 30.8 Å². The number of hydrogen-bond donors (Lipinski definition) is 2. The maximum absolute atomic E-state index is 11.7. The van der Waals surface area contributed by atoms with Crippen molar-refractivity contribution in [1.29, 1.82) is 0 Å². The van der Waals surface area contributed by atoms with Gasteiger partial charge in [-0.05, 0) is 48.2 Å². The molecule has 0 aliphatic rings. The van der Waals surface area contributed by atoms with Crippen LogP contribution in [0.15, 0.2) is 53.5 Å². The van der Waals surface area contributed by atoms with E-state index in [2.05, 4.69) is 48.5 Å². The van der Waals surface area contributed by atoms with Crippen molar-refractivity contribution >= 4 is 11.9 Å². The van der Waals surface area contributed by atoms with E-state index in [1.807, 2.05) is 36.4 Å². The molecular formula is C25H36N4O3. The van der Waals surface area contributed by atoms with E-state index in [9.17, 15) is 4.79 Å². The fraction of sp³-hybridized carbons (Fsp3) is 0.440. The first kappa shape index (κ1) is 25.0. The lowest BCUT2D eigenvalue weighted by molar-refractivity contribution is -0.130. The second kappa shape index (κ2) is 12.6. The Hall–Kier alpha value is -3.22. The quantitative estimate of drug-likeness (QED) is 0.436. The second-order valence-corrected chi connectivity index (χ2v) is 8.29. The molecule has 1 amide bonds.